The monoisotopic (exact) mass is 290 g/mol. The first-order valence-electron chi connectivity index (χ1n) is 6.60. The highest BCUT2D eigenvalue weighted by atomic mass is 32.1. The van der Waals surface area contributed by atoms with Crippen molar-refractivity contribution in [1.82, 2.24) is 15.3 Å². The smallest absolute Gasteiger partial charge is 0.254 e. The van der Waals surface area contributed by atoms with Crippen molar-refractivity contribution in [2.45, 2.75) is 26.3 Å². The van der Waals surface area contributed by atoms with Crippen LogP contribution in [0.2, 0.25) is 0 Å². The van der Waals surface area contributed by atoms with Crippen molar-refractivity contribution in [2.75, 3.05) is 11.9 Å². The van der Waals surface area contributed by atoms with Gasteiger partial charge in [0.1, 0.15) is 5.01 Å². The summed E-state index contributed by atoms with van der Waals surface area (Å²) >= 11 is 1.53. The SMILES string of the molecule is CCCNc1cnccc1C(=O)NC(C)c1nccs1. The fourth-order valence-corrected chi connectivity index (χ4v) is 2.42. The summed E-state index contributed by atoms with van der Waals surface area (Å²) in [7, 11) is 0. The molecule has 2 rings (SSSR count). The van der Waals surface area contributed by atoms with Gasteiger partial charge < -0.3 is 10.6 Å². The minimum atomic E-state index is -0.117. The quantitative estimate of drug-likeness (QED) is 0.858. The average molecular weight is 290 g/mol. The third-order valence-corrected chi connectivity index (χ3v) is 3.76. The van der Waals surface area contributed by atoms with Gasteiger partial charge in [-0.1, -0.05) is 6.92 Å². The summed E-state index contributed by atoms with van der Waals surface area (Å²) < 4.78 is 0. The Bertz CT molecular complexity index is 556. The summed E-state index contributed by atoms with van der Waals surface area (Å²) in [5.74, 6) is -0.117. The largest absolute Gasteiger partial charge is 0.383 e. The number of pyridine rings is 1. The Hall–Kier alpha value is -1.95. The van der Waals surface area contributed by atoms with Crippen LogP contribution in [0, 0.1) is 0 Å². The van der Waals surface area contributed by atoms with E-state index < -0.39 is 0 Å². The molecule has 0 aliphatic heterocycles. The summed E-state index contributed by atoms with van der Waals surface area (Å²) in [5.41, 5.74) is 1.37. The Kier molecular flexibility index (Phi) is 5.06. The molecule has 0 aliphatic carbocycles. The van der Waals surface area contributed by atoms with Gasteiger partial charge in [0.05, 0.1) is 23.5 Å². The molecule has 6 heteroatoms. The van der Waals surface area contributed by atoms with Gasteiger partial charge in [-0.25, -0.2) is 4.98 Å². The molecule has 0 spiro atoms. The van der Waals surface area contributed by atoms with Crippen molar-refractivity contribution >= 4 is 22.9 Å². The van der Waals surface area contributed by atoms with Crippen LogP contribution in [-0.2, 0) is 0 Å². The minimum absolute atomic E-state index is 0.102. The third-order valence-electron chi connectivity index (χ3n) is 2.80. The molecule has 20 heavy (non-hydrogen) atoms. The molecule has 2 aromatic heterocycles. The van der Waals surface area contributed by atoms with Crippen LogP contribution in [0.3, 0.4) is 0 Å². The molecule has 1 atom stereocenters. The number of rotatable bonds is 6. The van der Waals surface area contributed by atoms with Crippen LogP contribution in [0.15, 0.2) is 30.0 Å². The maximum Gasteiger partial charge on any atom is 0.254 e. The van der Waals surface area contributed by atoms with E-state index in [0.717, 1.165) is 23.7 Å². The van der Waals surface area contributed by atoms with Gasteiger partial charge in [0.15, 0.2) is 0 Å². The van der Waals surface area contributed by atoms with Gasteiger partial charge in [-0.3, -0.25) is 9.78 Å². The second-order valence-electron chi connectivity index (χ2n) is 4.41. The van der Waals surface area contributed by atoms with E-state index in [9.17, 15) is 4.79 Å². The molecule has 0 bridgehead atoms. The van der Waals surface area contributed by atoms with Crippen LogP contribution in [0.1, 0.15) is 41.7 Å². The van der Waals surface area contributed by atoms with Gasteiger partial charge in [0.25, 0.3) is 5.91 Å². The average Bonchev–Trinajstić information content (AvgIpc) is 2.99. The molecule has 2 aromatic rings. The number of anilines is 1. The molecular weight excluding hydrogens is 272 g/mol. The number of nitrogens with zero attached hydrogens (tertiary/aromatic N) is 2. The van der Waals surface area contributed by atoms with E-state index in [-0.39, 0.29) is 11.9 Å². The van der Waals surface area contributed by atoms with E-state index in [1.165, 1.54) is 11.3 Å². The Morgan fingerprint density at radius 3 is 3.00 bits per heavy atom. The molecule has 2 heterocycles. The number of hydrogen-bond donors (Lipinski definition) is 2. The van der Waals surface area contributed by atoms with Gasteiger partial charge in [-0.15, -0.1) is 11.3 Å². The lowest BCUT2D eigenvalue weighted by Gasteiger charge is -2.14. The van der Waals surface area contributed by atoms with Crippen molar-refractivity contribution in [1.29, 1.82) is 0 Å². The maximum atomic E-state index is 12.3. The molecule has 0 radical (unpaired) electrons. The van der Waals surface area contributed by atoms with Crippen molar-refractivity contribution < 1.29 is 4.79 Å². The molecule has 5 nitrogen and oxygen atoms in total. The molecular formula is C14H18N4OS. The minimum Gasteiger partial charge on any atom is -0.383 e. The zero-order valence-corrected chi connectivity index (χ0v) is 12.4. The molecule has 0 aromatic carbocycles. The Morgan fingerprint density at radius 1 is 1.45 bits per heavy atom. The first-order chi connectivity index (χ1) is 9.72. The lowest BCUT2D eigenvalue weighted by atomic mass is 10.2. The zero-order chi connectivity index (χ0) is 14.4. The van der Waals surface area contributed by atoms with E-state index in [1.54, 1.807) is 24.7 Å². The molecule has 0 saturated heterocycles. The van der Waals surface area contributed by atoms with Crippen LogP contribution in [0.5, 0.6) is 0 Å². The van der Waals surface area contributed by atoms with E-state index >= 15 is 0 Å². The summed E-state index contributed by atoms with van der Waals surface area (Å²) in [6.45, 7) is 4.82. The normalized spacial score (nSPS) is 11.9. The number of hydrogen-bond acceptors (Lipinski definition) is 5. The van der Waals surface area contributed by atoms with E-state index in [2.05, 4.69) is 27.5 Å². The molecule has 1 amide bonds. The number of nitrogens with one attached hydrogen (secondary N) is 2. The molecule has 106 valence electrons. The molecule has 0 saturated carbocycles. The number of aromatic nitrogens is 2. The second-order valence-corrected chi connectivity index (χ2v) is 5.34. The highest BCUT2D eigenvalue weighted by Gasteiger charge is 2.15. The Morgan fingerprint density at radius 2 is 2.30 bits per heavy atom. The predicted octanol–water partition coefficient (Wildman–Crippen LogP) is 2.85. The Labute approximate surface area is 122 Å². The fraction of sp³-hybridized carbons (Fsp3) is 0.357. The molecule has 2 N–H and O–H groups in total. The highest BCUT2D eigenvalue weighted by molar-refractivity contribution is 7.09. The summed E-state index contributed by atoms with van der Waals surface area (Å²) in [5, 5.41) is 8.97. The van der Waals surface area contributed by atoms with Gasteiger partial charge >= 0.3 is 0 Å². The first kappa shape index (κ1) is 14.5. The molecule has 1 unspecified atom stereocenters. The number of amides is 1. The maximum absolute atomic E-state index is 12.3. The van der Waals surface area contributed by atoms with Gasteiger partial charge in [0, 0.05) is 24.3 Å². The van der Waals surface area contributed by atoms with Crippen LogP contribution in [-0.4, -0.2) is 22.4 Å². The van der Waals surface area contributed by atoms with Crippen molar-refractivity contribution in [3.8, 4) is 0 Å². The second kappa shape index (κ2) is 7.00. The number of thiazole rings is 1. The van der Waals surface area contributed by atoms with Crippen molar-refractivity contribution in [3.05, 3.63) is 40.6 Å². The lowest BCUT2D eigenvalue weighted by molar-refractivity contribution is 0.0940. The van der Waals surface area contributed by atoms with E-state index in [0.29, 0.717) is 5.56 Å². The van der Waals surface area contributed by atoms with Crippen LogP contribution in [0.25, 0.3) is 0 Å². The van der Waals surface area contributed by atoms with Crippen LogP contribution >= 0.6 is 11.3 Å². The number of carbonyl (C=O) groups is 1. The predicted molar refractivity (Wildman–Crippen MR) is 81.0 cm³/mol. The van der Waals surface area contributed by atoms with Gasteiger partial charge in [0.2, 0.25) is 0 Å². The van der Waals surface area contributed by atoms with E-state index in [1.807, 2.05) is 12.3 Å². The van der Waals surface area contributed by atoms with Crippen LogP contribution < -0.4 is 10.6 Å². The summed E-state index contributed by atoms with van der Waals surface area (Å²) in [6.07, 6.45) is 6.04. The van der Waals surface area contributed by atoms with Crippen molar-refractivity contribution in [3.63, 3.8) is 0 Å². The fourth-order valence-electron chi connectivity index (χ4n) is 1.78. The van der Waals surface area contributed by atoms with Gasteiger partial charge in [-0.2, -0.15) is 0 Å². The first-order valence-corrected chi connectivity index (χ1v) is 7.48. The van der Waals surface area contributed by atoms with Gasteiger partial charge in [-0.05, 0) is 19.4 Å². The molecule has 0 fully saturated rings. The van der Waals surface area contributed by atoms with Crippen LogP contribution in [0.4, 0.5) is 5.69 Å². The van der Waals surface area contributed by atoms with E-state index in [4.69, 9.17) is 0 Å². The van der Waals surface area contributed by atoms with Crippen molar-refractivity contribution in [2.24, 2.45) is 0 Å². The Balaban J connectivity index is 2.09. The summed E-state index contributed by atoms with van der Waals surface area (Å²) in [4.78, 5) is 20.6. The number of carbonyl (C=O) groups excluding carboxylic acids is 1. The topological polar surface area (TPSA) is 66.9 Å². The molecule has 0 aliphatic rings. The zero-order valence-electron chi connectivity index (χ0n) is 11.6. The standard InChI is InChI=1S/C14H18N4OS/c1-3-5-16-12-9-15-6-4-11(12)13(19)18-10(2)14-17-7-8-20-14/h4,6-10,16H,3,5H2,1-2H3,(H,18,19). The lowest BCUT2D eigenvalue weighted by Crippen LogP contribution is -2.27. The highest BCUT2D eigenvalue weighted by Crippen LogP contribution is 2.18. The summed E-state index contributed by atoms with van der Waals surface area (Å²) in [6, 6.07) is 1.62. The third kappa shape index (κ3) is 3.54.